The second kappa shape index (κ2) is 8.49. The number of imide groups is 1. The van der Waals surface area contributed by atoms with Crippen molar-refractivity contribution in [1.29, 1.82) is 0 Å². The Balaban J connectivity index is 1.65. The summed E-state index contributed by atoms with van der Waals surface area (Å²) in [4.78, 5) is 53.2. The first-order valence-corrected chi connectivity index (χ1v) is 9.29. The van der Waals surface area contributed by atoms with Crippen LogP contribution in [0.25, 0.3) is 0 Å². The molecule has 2 N–H and O–H groups in total. The van der Waals surface area contributed by atoms with Crippen molar-refractivity contribution in [2.75, 3.05) is 44.2 Å². The van der Waals surface area contributed by atoms with E-state index >= 15 is 0 Å². The number of hydrogen-bond acceptors (Lipinski definition) is 7. The van der Waals surface area contributed by atoms with Crippen molar-refractivity contribution >= 4 is 29.4 Å². The quantitative estimate of drug-likeness (QED) is 0.521. The molecule has 28 heavy (non-hydrogen) atoms. The number of rotatable bonds is 6. The van der Waals surface area contributed by atoms with Gasteiger partial charge in [0.2, 0.25) is 11.8 Å². The van der Waals surface area contributed by atoms with Gasteiger partial charge in [-0.15, -0.1) is 0 Å². The van der Waals surface area contributed by atoms with Gasteiger partial charge < -0.3 is 10.5 Å². The standard InChI is InChI=1S/C19H24N4O5/c1-2-28-19(27)13-3-5-14(6-4-13)23-17(25)11-15(18(23)26)22-9-7-21(8-10-22)12-16(20)24/h3-6,15H,2,7-12H2,1H3,(H2,20,24). The summed E-state index contributed by atoms with van der Waals surface area (Å²) >= 11 is 0. The summed E-state index contributed by atoms with van der Waals surface area (Å²) in [6.07, 6.45) is 0.119. The molecule has 9 heteroatoms. The lowest BCUT2D eigenvalue weighted by atomic mass is 10.1. The van der Waals surface area contributed by atoms with Crippen molar-refractivity contribution in [2.24, 2.45) is 5.73 Å². The van der Waals surface area contributed by atoms with Crippen LogP contribution >= 0.6 is 0 Å². The number of primary amides is 1. The number of ether oxygens (including phenoxy) is 1. The highest BCUT2D eigenvalue weighted by molar-refractivity contribution is 6.22. The van der Waals surface area contributed by atoms with E-state index in [1.807, 2.05) is 9.80 Å². The summed E-state index contributed by atoms with van der Waals surface area (Å²) in [5.74, 6) is -1.35. The van der Waals surface area contributed by atoms with Crippen LogP contribution in [0.5, 0.6) is 0 Å². The van der Waals surface area contributed by atoms with Crippen molar-refractivity contribution < 1.29 is 23.9 Å². The molecule has 0 aliphatic carbocycles. The number of carbonyl (C=O) groups excluding carboxylic acids is 4. The molecular weight excluding hydrogens is 364 g/mol. The highest BCUT2D eigenvalue weighted by Gasteiger charge is 2.43. The highest BCUT2D eigenvalue weighted by atomic mass is 16.5. The normalized spacial score (nSPS) is 21.2. The van der Waals surface area contributed by atoms with E-state index in [-0.39, 0.29) is 37.3 Å². The minimum atomic E-state index is -0.507. The fourth-order valence-corrected chi connectivity index (χ4v) is 3.59. The Bertz CT molecular complexity index is 771. The highest BCUT2D eigenvalue weighted by Crippen LogP contribution is 2.26. The molecule has 2 aliphatic heterocycles. The van der Waals surface area contributed by atoms with E-state index < -0.39 is 12.0 Å². The van der Waals surface area contributed by atoms with E-state index in [4.69, 9.17) is 10.5 Å². The molecule has 2 fully saturated rings. The number of nitrogens with zero attached hydrogens (tertiary/aromatic N) is 3. The summed E-state index contributed by atoms with van der Waals surface area (Å²) in [6, 6.07) is 5.74. The number of benzene rings is 1. The SMILES string of the molecule is CCOC(=O)c1ccc(N2C(=O)CC(N3CCN(CC(N)=O)CC3)C2=O)cc1. The molecule has 1 aromatic rings. The van der Waals surface area contributed by atoms with Gasteiger partial charge in [0.1, 0.15) is 0 Å². The molecule has 150 valence electrons. The van der Waals surface area contributed by atoms with Crippen LogP contribution in [-0.2, 0) is 19.1 Å². The molecule has 9 nitrogen and oxygen atoms in total. The number of piperazine rings is 1. The molecule has 2 heterocycles. The van der Waals surface area contributed by atoms with Crippen molar-refractivity contribution in [2.45, 2.75) is 19.4 Å². The molecular formula is C19H24N4O5. The van der Waals surface area contributed by atoms with Gasteiger partial charge in [0.25, 0.3) is 5.91 Å². The lowest BCUT2D eigenvalue weighted by molar-refractivity contribution is -0.124. The summed E-state index contributed by atoms with van der Waals surface area (Å²) in [6.45, 7) is 4.62. The number of carbonyl (C=O) groups is 4. The average Bonchev–Trinajstić information content (AvgIpc) is 2.96. The molecule has 0 bridgehead atoms. The third-order valence-electron chi connectivity index (χ3n) is 4.99. The van der Waals surface area contributed by atoms with Crippen molar-refractivity contribution in [3.05, 3.63) is 29.8 Å². The van der Waals surface area contributed by atoms with Crippen LogP contribution < -0.4 is 10.6 Å². The summed E-state index contributed by atoms with van der Waals surface area (Å²) in [5, 5.41) is 0. The van der Waals surface area contributed by atoms with Crippen LogP contribution in [0.4, 0.5) is 5.69 Å². The van der Waals surface area contributed by atoms with E-state index in [9.17, 15) is 19.2 Å². The molecule has 3 amide bonds. The fourth-order valence-electron chi connectivity index (χ4n) is 3.59. The topological polar surface area (TPSA) is 113 Å². The Morgan fingerprint density at radius 2 is 1.75 bits per heavy atom. The van der Waals surface area contributed by atoms with E-state index in [0.717, 1.165) is 0 Å². The minimum absolute atomic E-state index is 0.119. The van der Waals surface area contributed by atoms with Crippen LogP contribution in [-0.4, -0.2) is 78.9 Å². The molecule has 0 aromatic heterocycles. The predicted octanol–water partition coefficient (Wildman–Crippen LogP) is -0.402. The van der Waals surface area contributed by atoms with E-state index in [1.54, 1.807) is 31.2 Å². The molecule has 0 spiro atoms. The van der Waals surface area contributed by atoms with Crippen LogP contribution in [0.2, 0.25) is 0 Å². The molecule has 1 aromatic carbocycles. The van der Waals surface area contributed by atoms with Crippen LogP contribution in [0.1, 0.15) is 23.7 Å². The summed E-state index contributed by atoms with van der Waals surface area (Å²) < 4.78 is 4.94. The van der Waals surface area contributed by atoms with Gasteiger partial charge in [-0.2, -0.15) is 0 Å². The monoisotopic (exact) mass is 388 g/mol. The predicted molar refractivity (Wildman–Crippen MR) is 101 cm³/mol. The van der Waals surface area contributed by atoms with Gasteiger partial charge in [0.15, 0.2) is 0 Å². The third-order valence-corrected chi connectivity index (χ3v) is 4.99. The maximum atomic E-state index is 12.9. The average molecular weight is 388 g/mol. The lowest BCUT2D eigenvalue weighted by Gasteiger charge is -2.36. The Kier molecular flexibility index (Phi) is 6.05. The van der Waals surface area contributed by atoms with Gasteiger partial charge in [0, 0.05) is 26.2 Å². The van der Waals surface area contributed by atoms with E-state index in [1.165, 1.54) is 4.90 Å². The number of esters is 1. The Labute approximate surface area is 163 Å². The molecule has 3 rings (SSSR count). The smallest absolute Gasteiger partial charge is 0.338 e. The molecule has 2 aliphatic rings. The number of amides is 3. The van der Waals surface area contributed by atoms with Crippen LogP contribution in [0.3, 0.4) is 0 Å². The van der Waals surface area contributed by atoms with Crippen LogP contribution in [0.15, 0.2) is 24.3 Å². The number of nitrogens with two attached hydrogens (primary N) is 1. The van der Waals surface area contributed by atoms with Crippen molar-refractivity contribution in [1.82, 2.24) is 9.80 Å². The molecule has 0 saturated carbocycles. The van der Waals surface area contributed by atoms with Crippen molar-refractivity contribution in [3.63, 3.8) is 0 Å². The fraction of sp³-hybridized carbons (Fsp3) is 0.474. The molecule has 0 radical (unpaired) electrons. The summed E-state index contributed by atoms with van der Waals surface area (Å²) in [7, 11) is 0. The largest absolute Gasteiger partial charge is 0.462 e. The third kappa shape index (κ3) is 4.20. The maximum Gasteiger partial charge on any atom is 0.338 e. The van der Waals surface area contributed by atoms with E-state index in [0.29, 0.717) is 37.4 Å². The van der Waals surface area contributed by atoms with Gasteiger partial charge >= 0.3 is 5.97 Å². The lowest BCUT2D eigenvalue weighted by Crippen LogP contribution is -2.53. The maximum absolute atomic E-state index is 12.9. The Morgan fingerprint density at radius 3 is 2.32 bits per heavy atom. The zero-order valence-corrected chi connectivity index (χ0v) is 15.8. The first-order chi connectivity index (χ1) is 13.4. The van der Waals surface area contributed by atoms with Gasteiger partial charge in [-0.25, -0.2) is 9.69 Å². The first-order valence-electron chi connectivity index (χ1n) is 9.29. The zero-order chi connectivity index (χ0) is 20.3. The molecule has 1 unspecified atom stereocenters. The second-order valence-electron chi connectivity index (χ2n) is 6.83. The molecule has 2 saturated heterocycles. The van der Waals surface area contributed by atoms with Crippen molar-refractivity contribution in [3.8, 4) is 0 Å². The minimum Gasteiger partial charge on any atom is -0.462 e. The van der Waals surface area contributed by atoms with Crippen LogP contribution in [0, 0.1) is 0 Å². The second-order valence-corrected chi connectivity index (χ2v) is 6.83. The van der Waals surface area contributed by atoms with Gasteiger partial charge in [0.05, 0.1) is 36.9 Å². The van der Waals surface area contributed by atoms with Gasteiger partial charge in [-0.05, 0) is 31.2 Å². The first kappa shape index (κ1) is 20.0. The molecule has 1 atom stereocenters. The van der Waals surface area contributed by atoms with E-state index in [2.05, 4.69) is 0 Å². The summed E-state index contributed by atoms with van der Waals surface area (Å²) in [5.41, 5.74) is 6.03. The van der Waals surface area contributed by atoms with Gasteiger partial charge in [-0.1, -0.05) is 0 Å². The zero-order valence-electron chi connectivity index (χ0n) is 15.8. The Hall–Kier alpha value is -2.78. The Morgan fingerprint density at radius 1 is 1.11 bits per heavy atom. The van der Waals surface area contributed by atoms with Gasteiger partial charge in [-0.3, -0.25) is 24.2 Å². The number of hydrogen-bond donors (Lipinski definition) is 1. The number of anilines is 1.